The Labute approximate surface area is 113 Å². The Bertz CT molecular complexity index is 438. The first-order chi connectivity index (χ1) is 7.96. The zero-order chi connectivity index (χ0) is 12.5. The van der Waals surface area contributed by atoms with Crippen LogP contribution in [0, 0.1) is 5.41 Å². The molecule has 92 valence electrons. The standard InChI is InChI=1S/C14H17Cl2N/c1-14(2)7-10(6-12(15)8-14)5-11-3-4-17-9-13(11)16/h3-4,6,9,12H,5,7-8H2,1-2H3. The number of halogens is 2. The third-order valence-corrected chi connectivity index (χ3v) is 3.76. The van der Waals surface area contributed by atoms with E-state index in [-0.39, 0.29) is 10.8 Å². The second-order valence-corrected chi connectivity index (χ2v) is 6.50. The summed E-state index contributed by atoms with van der Waals surface area (Å²) in [5.41, 5.74) is 2.81. The highest BCUT2D eigenvalue weighted by molar-refractivity contribution is 6.31. The Kier molecular flexibility index (Phi) is 3.79. The average Bonchev–Trinajstić information content (AvgIpc) is 2.18. The number of rotatable bonds is 2. The zero-order valence-corrected chi connectivity index (χ0v) is 11.7. The second kappa shape index (κ2) is 4.99. The number of allylic oxidation sites excluding steroid dienone is 2. The third-order valence-electron chi connectivity index (χ3n) is 3.14. The lowest BCUT2D eigenvalue weighted by Gasteiger charge is -2.32. The number of hydrogen-bond donors (Lipinski definition) is 0. The first-order valence-electron chi connectivity index (χ1n) is 5.88. The predicted molar refractivity (Wildman–Crippen MR) is 73.7 cm³/mol. The molecule has 1 nitrogen and oxygen atoms in total. The molecule has 0 spiro atoms. The van der Waals surface area contributed by atoms with Crippen LogP contribution in [0.4, 0.5) is 0 Å². The van der Waals surface area contributed by atoms with E-state index in [1.807, 2.05) is 6.07 Å². The van der Waals surface area contributed by atoms with E-state index in [1.165, 1.54) is 5.57 Å². The van der Waals surface area contributed by atoms with Crippen molar-refractivity contribution in [2.75, 3.05) is 0 Å². The van der Waals surface area contributed by atoms with Crippen LogP contribution in [0.1, 0.15) is 32.3 Å². The molecule has 1 aromatic heterocycles. The number of pyridine rings is 1. The van der Waals surface area contributed by atoms with Crippen molar-refractivity contribution < 1.29 is 0 Å². The molecule has 0 saturated carbocycles. The third kappa shape index (κ3) is 3.46. The first-order valence-corrected chi connectivity index (χ1v) is 6.70. The lowest BCUT2D eigenvalue weighted by atomic mass is 9.76. The summed E-state index contributed by atoms with van der Waals surface area (Å²) in [4.78, 5) is 4.00. The zero-order valence-electron chi connectivity index (χ0n) is 10.2. The molecule has 0 aromatic carbocycles. The van der Waals surface area contributed by atoms with Gasteiger partial charge < -0.3 is 0 Å². The van der Waals surface area contributed by atoms with Gasteiger partial charge in [-0.05, 0) is 36.3 Å². The lowest BCUT2D eigenvalue weighted by Crippen LogP contribution is -2.22. The van der Waals surface area contributed by atoms with E-state index in [1.54, 1.807) is 12.4 Å². The maximum Gasteiger partial charge on any atom is 0.0624 e. The minimum absolute atomic E-state index is 0.148. The monoisotopic (exact) mass is 269 g/mol. The molecular weight excluding hydrogens is 253 g/mol. The average molecular weight is 270 g/mol. The molecule has 1 aliphatic rings. The van der Waals surface area contributed by atoms with Crippen molar-refractivity contribution >= 4 is 23.2 Å². The summed E-state index contributed by atoms with van der Waals surface area (Å²) >= 11 is 12.4. The number of alkyl halides is 1. The van der Waals surface area contributed by atoms with Crippen molar-refractivity contribution in [1.29, 1.82) is 0 Å². The lowest BCUT2D eigenvalue weighted by molar-refractivity contribution is 0.320. The van der Waals surface area contributed by atoms with Crippen LogP contribution in [-0.4, -0.2) is 10.4 Å². The van der Waals surface area contributed by atoms with Crippen LogP contribution in [0.5, 0.6) is 0 Å². The van der Waals surface area contributed by atoms with Gasteiger partial charge in [0.2, 0.25) is 0 Å². The van der Waals surface area contributed by atoms with Gasteiger partial charge in [-0.3, -0.25) is 4.98 Å². The molecule has 0 fully saturated rings. The van der Waals surface area contributed by atoms with E-state index < -0.39 is 0 Å². The fourth-order valence-corrected chi connectivity index (χ4v) is 3.28. The molecular formula is C14H17Cl2N. The Balaban J connectivity index is 2.17. The van der Waals surface area contributed by atoms with Crippen molar-refractivity contribution in [3.05, 3.63) is 40.7 Å². The van der Waals surface area contributed by atoms with Gasteiger partial charge in [0.05, 0.1) is 10.4 Å². The van der Waals surface area contributed by atoms with E-state index in [0.29, 0.717) is 0 Å². The Morgan fingerprint density at radius 2 is 2.24 bits per heavy atom. The predicted octanol–water partition coefficient (Wildman–Crippen LogP) is 4.63. The molecule has 1 unspecified atom stereocenters. The van der Waals surface area contributed by atoms with Gasteiger partial charge in [0.25, 0.3) is 0 Å². The molecule has 3 heteroatoms. The minimum atomic E-state index is 0.148. The summed E-state index contributed by atoms with van der Waals surface area (Å²) in [5, 5.41) is 0.886. The quantitative estimate of drug-likeness (QED) is 0.564. The highest BCUT2D eigenvalue weighted by Gasteiger charge is 2.27. The molecule has 0 radical (unpaired) electrons. The van der Waals surface area contributed by atoms with Crippen LogP contribution in [-0.2, 0) is 6.42 Å². The highest BCUT2D eigenvalue weighted by atomic mass is 35.5. The Morgan fingerprint density at radius 3 is 2.88 bits per heavy atom. The molecule has 2 rings (SSSR count). The largest absolute Gasteiger partial charge is 0.263 e. The van der Waals surface area contributed by atoms with E-state index >= 15 is 0 Å². The molecule has 1 aliphatic carbocycles. The van der Waals surface area contributed by atoms with E-state index in [2.05, 4.69) is 24.9 Å². The van der Waals surface area contributed by atoms with Crippen molar-refractivity contribution in [2.45, 2.75) is 38.5 Å². The smallest absolute Gasteiger partial charge is 0.0624 e. The molecule has 0 saturated heterocycles. The van der Waals surface area contributed by atoms with Crippen molar-refractivity contribution in [2.24, 2.45) is 5.41 Å². The number of hydrogen-bond acceptors (Lipinski definition) is 1. The van der Waals surface area contributed by atoms with Gasteiger partial charge in [0.15, 0.2) is 0 Å². The Hall–Kier alpha value is -0.530. The molecule has 1 heterocycles. The molecule has 0 bridgehead atoms. The molecule has 0 N–H and O–H groups in total. The summed E-state index contributed by atoms with van der Waals surface area (Å²) < 4.78 is 0. The van der Waals surface area contributed by atoms with Crippen molar-refractivity contribution in [3.63, 3.8) is 0 Å². The van der Waals surface area contributed by atoms with E-state index in [4.69, 9.17) is 23.2 Å². The summed E-state index contributed by atoms with van der Waals surface area (Å²) in [5.74, 6) is 0. The fraction of sp³-hybridized carbons (Fsp3) is 0.500. The van der Waals surface area contributed by atoms with Gasteiger partial charge in [-0.2, -0.15) is 0 Å². The molecule has 0 amide bonds. The maximum atomic E-state index is 6.28. The van der Waals surface area contributed by atoms with Crippen molar-refractivity contribution in [3.8, 4) is 0 Å². The minimum Gasteiger partial charge on any atom is -0.263 e. The highest BCUT2D eigenvalue weighted by Crippen LogP contribution is 2.38. The second-order valence-electron chi connectivity index (χ2n) is 5.53. The van der Waals surface area contributed by atoms with Gasteiger partial charge in [-0.25, -0.2) is 0 Å². The maximum absolute atomic E-state index is 6.28. The summed E-state index contributed by atoms with van der Waals surface area (Å²) in [6.45, 7) is 4.53. The van der Waals surface area contributed by atoms with Crippen LogP contribution >= 0.6 is 23.2 Å². The molecule has 1 atom stereocenters. The van der Waals surface area contributed by atoms with Gasteiger partial charge in [0.1, 0.15) is 0 Å². The summed E-state index contributed by atoms with van der Waals surface area (Å²) in [6.07, 6.45) is 8.69. The summed E-state index contributed by atoms with van der Waals surface area (Å²) in [7, 11) is 0. The number of nitrogens with zero attached hydrogens (tertiary/aromatic N) is 1. The van der Waals surface area contributed by atoms with Gasteiger partial charge in [0, 0.05) is 12.4 Å². The Morgan fingerprint density at radius 1 is 1.47 bits per heavy atom. The van der Waals surface area contributed by atoms with Crippen LogP contribution < -0.4 is 0 Å². The van der Waals surface area contributed by atoms with Gasteiger partial charge >= 0.3 is 0 Å². The summed E-state index contributed by atoms with van der Waals surface area (Å²) in [6, 6.07) is 1.98. The molecule has 17 heavy (non-hydrogen) atoms. The van der Waals surface area contributed by atoms with Crippen molar-refractivity contribution in [1.82, 2.24) is 4.98 Å². The van der Waals surface area contributed by atoms with Crippen LogP contribution in [0.25, 0.3) is 0 Å². The van der Waals surface area contributed by atoms with E-state index in [0.717, 1.165) is 29.8 Å². The topological polar surface area (TPSA) is 12.9 Å². The normalized spacial score (nSPS) is 23.3. The van der Waals surface area contributed by atoms with Crippen LogP contribution in [0.2, 0.25) is 5.02 Å². The van der Waals surface area contributed by atoms with E-state index in [9.17, 15) is 0 Å². The first kappa shape index (κ1) is 12.9. The SMILES string of the molecule is CC1(C)CC(Cc2ccncc2Cl)=CC(Cl)C1. The van der Waals surface area contributed by atoms with Crippen LogP contribution in [0.15, 0.2) is 30.1 Å². The van der Waals surface area contributed by atoms with Gasteiger partial charge in [-0.1, -0.05) is 37.1 Å². The molecule has 1 aromatic rings. The van der Waals surface area contributed by atoms with Gasteiger partial charge in [-0.15, -0.1) is 11.6 Å². The fourth-order valence-electron chi connectivity index (χ4n) is 2.50. The molecule has 0 aliphatic heterocycles. The van der Waals surface area contributed by atoms with Crippen LogP contribution in [0.3, 0.4) is 0 Å². The number of aromatic nitrogens is 1.